The number of anilines is 1. The molecule has 1 aromatic heterocycles. The maximum atomic E-state index is 12.0. The molecule has 0 fully saturated rings. The number of ether oxygens (including phenoxy) is 1. The van der Waals surface area contributed by atoms with Crippen LogP contribution >= 0.6 is 0 Å². The van der Waals surface area contributed by atoms with Crippen molar-refractivity contribution < 1.29 is 9.53 Å². The molecule has 3 rings (SSSR count). The molecule has 0 bridgehead atoms. The number of nitrogens with one attached hydrogen (secondary N) is 2. The number of methoxy groups -OCH3 is 1. The van der Waals surface area contributed by atoms with Crippen LogP contribution in [0.25, 0.3) is 0 Å². The summed E-state index contributed by atoms with van der Waals surface area (Å²) in [6.07, 6.45) is 3.24. The third kappa shape index (κ3) is 3.13. The number of aryl methyl sites for hydroxylation is 1. The van der Waals surface area contributed by atoms with Gasteiger partial charge in [-0.1, -0.05) is 6.07 Å². The van der Waals surface area contributed by atoms with Crippen LogP contribution in [0.5, 0.6) is 5.75 Å². The number of aromatic nitrogens is 3. The zero-order valence-electron chi connectivity index (χ0n) is 11.7. The zero-order valence-corrected chi connectivity index (χ0v) is 11.7. The Kier molecular flexibility index (Phi) is 3.72. The normalized spacial score (nSPS) is 16.9. The van der Waals surface area contributed by atoms with E-state index in [-0.39, 0.29) is 12.1 Å². The van der Waals surface area contributed by atoms with Crippen LogP contribution in [0.4, 0.5) is 10.5 Å². The molecule has 1 aromatic carbocycles. The van der Waals surface area contributed by atoms with E-state index in [2.05, 4.69) is 20.7 Å². The summed E-state index contributed by atoms with van der Waals surface area (Å²) in [6, 6.07) is 7.09. The van der Waals surface area contributed by atoms with Gasteiger partial charge in [0.05, 0.1) is 19.7 Å². The van der Waals surface area contributed by atoms with Crippen LogP contribution in [0.15, 0.2) is 30.6 Å². The van der Waals surface area contributed by atoms with E-state index in [1.165, 1.54) is 0 Å². The molecule has 2 N–H and O–H groups in total. The van der Waals surface area contributed by atoms with Gasteiger partial charge in [-0.05, 0) is 18.6 Å². The Morgan fingerprint density at radius 1 is 1.48 bits per heavy atom. The van der Waals surface area contributed by atoms with Gasteiger partial charge in [-0.15, -0.1) is 0 Å². The van der Waals surface area contributed by atoms with Gasteiger partial charge >= 0.3 is 6.03 Å². The Labute approximate surface area is 122 Å². The third-order valence-electron chi connectivity index (χ3n) is 3.47. The van der Waals surface area contributed by atoms with Crippen LogP contribution in [0.1, 0.15) is 12.2 Å². The van der Waals surface area contributed by atoms with Gasteiger partial charge in [0.1, 0.15) is 17.9 Å². The number of fused-ring (bicyclic) bond motifs is 1. The van der Waals surface area contributed by atoms with Gasteiger partial charge < -0.3 is 15.4 Å². The predicted molar refractivity (Wildman–Crippen MR) is 77.3 cm³/mol. The number of urea groups is 1. The zero-order chi connectivity index (χ0) is 14.7. The summed E-state index contributed by atoms with van der Waals surface area (Å²) in [5.41, 5.74) is 0.698. The molecule has 0 radical (unpaired) electrons. The topological polar surface area (TPSA) is 81.1 Å². The summed E-state index contributed by atoms with van der Waals surface area (Å²) in [5.74, 6) is 1.68. The summed E-state index contributed by atoms with van der Waals surface area (Å²) >= 11 is 0. The maximum absolute atomic E-state index is 12.0. The lowest BCUT2D eigenvalue weighted by molar-refractivity contribution is 0.243. The monoisotopic (exact) mass is 287 g/mol. The molecule has 0 saturated carbocycles. The van der Waals surface area contributed by atoms with Crippen LogP contribution in [0.3, 0.4) is 0 Å². The van der Waals surface area contributed by atoms with Crippen molar-refractivity contribution in [3.63, 3.8) is 0 Å². The van der Waals surface area contributed by atoms with E-state index in [1.54, 1.807) is 19.5 Å². The molecule has 2 amide bonds. The first-order valence-electron chi connectivity index (χ1n) is 6.83. The first kappa shape index (κ1) is 13.4. The van der Waals surface area contributed by atoms with Crippen LogP contribution in [-0.4, -0.2) is 33.9 Å². The van der Waals surface area contributed by atoms with E-state index in [4.69, 9.17) is 4.74 Å². The lowest BCUT2D eigenvalue weighted by Crippen LogP contribution is -2.43. The molecular formula is C14H17N5O2. The number of amides is 2. The minimum atomic E-state index is -0.225. The summed E-state index contributed by atoms with van der Waals surface area (Å²) in [4.78, 5) is 16.2. The van der Waals surface area contributed by atoms with Gasteiger partial charge in [0.2, 0.25) is 0 Å². The van der Waals surface area contributed by atoms with Gasteiger partial charge in [0, 0.05) is 18.2 Å². The second-order valence-electron chi connectivity index (χ2n) is 4.92. The molecule has 0 saturated heterocycles. The van der Waals surface area contributed by atoms with E-state index in [0.29, 0.717) is 18.0 Å². The van der Waals surface area contributed by atoms with Crippen molar-refractivity contribution in [3.05, 3.63) is 36.4 Å². The van der Waals surface area contributed by atoms with Crippen molar-refractivity contribution >= 4 is 11.7 Å². The van der Waals surface area contributed by atoms with E-state index < -0.39 is 0 Å². The Morgan fingerprint density at radius 3 is 3.24 bits per heavy atom. The summed E-state index contributed by atoms with van der Waals surface area (Å²) < 4.78 is 6.96. The molecule has 2 heterocycles. The molecular weight excluding hydrogens is 270 g/mol. The van der Waals surface area contributed by atoms with Crippen LogP contribution in [0.2, 0.25) is 0 Å². The number of hydrogen-bond acceptors (Lipinski definition) is 4. The highest BCUT2D eigenvalue weighted by molar-refractivity contribution is 5.89. The first-order valence-corrected chi connectivity index (χ1v) is 6.83. The Balaban J connectivity index is 1.57. The van der Waals surface area contributed by atoms with Crippen LogP contribution < -0.4 is 15.4 Å². The highest BCUT2D eigenvalue weighted by atomic mass is 16.5. The van der Waals surface area contributed by atoms with Crippen molar-refractivity contribution in [2.75, 3.05) is 12.4 Å². The molecule has 7 heteroatoms. The number of benzene rings is 1. The van der Waals surface area contributed by atoms with Crippen LogP contribution in [-0.2, 0) is 13.0 Å². The van der Waals surface area contributed by atoms with Crippen molar-refractivity contribution in [1.82, 2.24) is 20.1 Å². The van der Waals surface area contributed by atoms with Gasteiger partial charge in [0.25, 0.3) is 0 Å². The van der Waals surface area contributed by atoms with Crippen molar-refractivity contribution in [2.45, 2.75) is 25.4 Å². The second-order valence-corrected chi connectivity index (χ2v) is 4.92. The molecule has 7 nitrogen and oxygen atoms in total. The van der Waals surface area contributed by atoms with Crippen molar-refractivity contribution in [3.8, 4) is 5.75 Å². The SMILES string of the molecule is COc1cccc(NC(=O)NC2CCc3ncnn3C2)c1. The number of carbonyl (C=O) groups excluding carboxylic acids is 1. The fourth-order valence-corrected chi connectivity index (χ4v) is 2.41. The largest absolute Gasteiger partial charge is 0.497 e. The van der Waals surface area contributed by atoms with Gasteiger partial charge in [-0.2, -0.15) is 5.10 Å². The quantitative estimate of drug-likeness (QED) is 0.894. The van der Waals surface area contributed by atoms with E-state index in [0.717, 1.165) is 18.7 Å². The standard InChI is InChI=1S/C14H17N5O2/c1-21-12-4-2-3-10(7-12)17-14(20)18-11-5-6-13-15-9-16-19(13)8-11/h2-4,7,9,11H,5-6,8H2,1H3,(H2,17,18,20). The second kappa shape index (κ2) is 5.82. The molecule has 1 atom stereocenters. The number of hydrogen-bond donors (Lipinski definition) is 2. The summed E-state index contributed by atoms with van der Waals surface area (Å²) in [6.45, 7) is 0.654. The Hall–Kier alpha value is -2.57. The lowest BCUT2D eigenvalue weighted by Gasteiger charge is -2.23. The van der Waals surface area contributed by atoms with Gasteiger partial charge in [-0.3, -0.25) is 0 Å². The number of nitrogens with zero attached hydrogens (tertiary/aromatic N) is 3. The Morgan fingerprint density at radius 2 is 2.38 bits per heavy atom. The maximum Gasteiger partial charge on any atom is 0.319 e. The molecule has 110 valence electrons. The minimum Gasteiger partial charge on any atom is -0.497 e. The average molecular weight is 287 g/mol. The van der Waals surface area contributed by atoms with Crippen molar-refractivity contribution in [2.24, 2.45) is 0 Å². The summed E-state index contributed by atoms with van der Waals surface area (Å²) in [7, 11) is 1.59. The Bertz CT molecular complexity index is 640. The van der Waals surface area contributed by atoms with Gasteiger partial charge in [0.15, 0.2) is 0 Å². The lowest BCUT2D eigenvalue weighted by atomic mass is 10.1. The van der Waals surface area contributed by atoms with Gasteiger partial charge in [-0.25, -0.2) is 14.5 Å². The fraction of sp³-hybridized carbons (Fsp3) is 0.357. The van der Waals surface area contributed by atoms with E-state index in [1.807, 2.05) is 22.9 Å². The molecule has 0 aliphatic carbocycles. The molecule has 0 spiro atoms. The summed E-state index contributed by atoms with van der Waals surface area (Å²) in [5, 5.41) is 9.90. The van der Waals surface area contributed by atoms with E-state index in [9.17, 15) is 4.79 Å². The highest BCUT2D eigenvalue weighted by Crippen LogP contribution is 2.17. The predicted octanol–water partition coefficient (Wildman–Crippen LogP) is 1.42. The minimum absolute atomic E-state index is 0.0600. The molecule has 1 unspecified atom stereocenters. The molecule has 21 heavy (non-hydrogen) atoms. The van der Waals surface area contributed by atoms with E-state index >= 15 is 0 Å². The van der Waals surface area contributed by atoms with Crippen LogP contribution in [0, 0.1) is 0 Å². The molecule has 1 aliphatic heterocycles. The number of rotatable bonds is 3. The molecule has 1 aliphatic rings. The highest BCUT2D eigenvalue weighted by Gasteiger charge is 2.21. The molecule has 2 aromatic rings. The van der Waals surface area contributed by atoms with Crippen molar-refractivity contribution in [1.29, 1.82) is 0 Å². The fourth-order valence-electron chi connectivity index (χ4n) is 2.41. The number of carbonyl (C=O) groups is 1. The first-order chi connectivity index (χ1) is 10.2. The smallest absolute Gasteiger partial charge is 0.319 e. The average Bonchev–Trinajstić information content (AvgIpc) is 2.95. The third-order valence-corrected chi connectivity index (χ3v) is 3.47.